The average molecular weight is 285 g/mol. The predicted molar refractivity (Wildman–Crippen MR) is 72.3 cm³/mol. The molecule has 1 aromatic rings. The van der Waals surface area contributed by atoms with Crippen LogP contribution in [0.1, 0.15) is 24.5 Å². The quantitative estimate of drug-likeness (QED) is 0.918. The SMILES string of the molecule is C/C(=C/c1cccc(C(F)(F)F)c1)CC1COCCN1. The Morgan fingerprint density at radius 3 is 2.90 bits per heavy atom. The van der Waals surface area contributed by atoms with E-state index in [2.05, 4.69) is 5.32 Å². The highest BCUT2D eigenvalue weighted by molar-refractivity contribution is 5.53. The highest BCUT2D eigenvalue weighted by Crippen LogP contribution is 2.30. The fourth-order valence-electron chi connectivity index (χ4n) is 2.29. The third kappa shape index (κ3) is 4.35. The first-order valence-corrected chi connectivity index (χ1v) is 6.61. The lowest BCUT2D eigenvalue weighted by Gasteiger charge is -2.24. The van der Waals surface area contributed by atoms with Gasteiger partial charge in [0.15, 0.2) is 0 Å². The molecule has 0 bridgehead atoms. The predicted octanol–water partition coefficient (Wildman–Crippen LogP) is 3.49. The lowest BCUT2D eigenvalue weighted by molar-refractivity contribution is -0.137. The molecule has 1 atom stereocenters. The van der Waals surface area contributed by atoms with Crippen molar-refractivity contribution >= 4 is 6.08 Å². The van der Waals surface area contributed by atoms with Crippen LogP contribution in [0.25, 0.3) is 6.08 Å². The fraction of sp³-hybridized carbons (Fsp3) is 0.467. The molecule has 0 saturated carbocycles. The molecule has 1 unspecified atom stereocenters. The number of ether oxygens (including phenoxy) is 1. The summed E-state index contributed by atoms with van der Waals surface area (Å²) < 4.78 is 43.3. The number of alkyl halides is 3. The lowest BCUT2D eigenvalue weighted by Crippen LogP contribution is -2.41. The zero-order chi connectivity index (χ0) is 14.6. The molecule has 0 radical (unpaired) electrons. The second-order valence-electron chi connectivity index (χ2n) is 5.04. The molecule has 1 aliphatic rings. The Morgan fingerprint density at radius 2 is 2.25 bits per heavy atom. The Balaban J connectivity index is 2.05. The molecular weight excluding hydrogens is 267 g/mol. The maximum absolute atomic E-state index is 12.6. The molecule has 2 nitrogen and oxygen atoms in total. The minimum Gasteiger partial charge on any atom is -0.379 e. The van der Waals surface area contributed by atoms with Crippen LogP contribution in [0.2, 0.25) is 0 Å². The van der Waals surface area contributed by atoms with E-state index in [-0.39, 0.29) is 6.04 Å². The van der Waals surface area contributed by atoms with Gasteiger partial charge in [0.2, 0.25) is 0 Å². The Morgan fingerprint density at radius 1 is 1.45 bits per heavy atom. The van der Waals surface area contributed by atoms with Crippen molar-refractivity contribution in [2.45, 2.75) is 25.6 Å². The van der Waals surface area contributed by atoms with Crippen LogP contribution in [-0.4, -0.2) is 25.8 Å². The molecule has 5 heteroatoms. The van der Waals surface area contributed by atoms with Gasteiger partial charge in [0.05, 0.1) is 18.8 Å². The smallest absolute Gasteiger partial charge is 0.379 e. The number of rotatable bonds is 3. The van der Waals surface area contributed by atoms with Crippen LogP contribution in [0.15, 0.2) is 29.8 Å². The summed E-state index contributed by atoms with van der Waals surface area (Å²) in [5.74, 6) is 0. The van der Waals surface area contributed by atoms with Gasteiger partial charge in [-0.25, -0.2) is 0 Å². The van der Waals surface area contributed by atoms with E-state index in [0.717, 1.165) is 24.6 Å². The molecular formula is C15H18F3NO. The topological polar surface area (TPSA) is 21.3 Å². The fourth-order valence-corrected chi connectivity index (χ4v) is 2.29. The van der Waals surface area contributed by atoms with Crippen molar-refractivity contribution < 1.29 is 17.9 Å². The monoisotopic (exact) mass is 285 g/mol. The summed E-state index contributed by atoms with van der Waals surface area (Å²) in [6, 6.07) is 5.62. The van der Waals surface area contributed by atoms with Crippen molar-refractivity contribution in [2.24, 2.45) is 0 Å². The number of hydrogen-bond donors (Lipinski definition) is 1. The average Bonchev–Trinajstić information content (AvgIpc) is 2.39. The summed E-state index contributed by atoms with van der Waals surface area (Å²) in [5.41, 5.74) is 1.000. The first-order valence-electron chi connectivity index (χ1n) is 6.61. The molecule has 0 amide bonds. The van der Waals surface area contributed by atoms with Crippen molar-refractivity contribution in [3.63, 3.8) is 0 Å². The normalized spacial score (nSPS) is 21.0. The van der Waals surface area contributed by atoms with Crippen molar-refractivity contribution in [2.75, 3.05) is 19.8 Å². The number of benzene rings is 1. The van der Waals surface area contributed by atoms with Gasteiger partial charge in [-0.15, -0.1) is 0 Å². The molecule has 20 heavy (non-hydrogen) atoms. The van der Waals surface area contributed by atoms with E-state index in [1.165, 1.54) is 12.1 Å². The Kier molecular flexibility index (Phi) is 4.83. The van der Waals surface area contributed by atoms with Crippen LogP contribution in [0.4, 0.5) is 13.2 Å². The van der Waals surface area contributed by atoms with Crippen molar-refractivity contribution in [3.8, 4) is 0 Å². The second-order valence-corrected chi connectivity index (χ2v) is 5.04. The van der Waals surface area contributed by atoms with Gasteiger partial charge in [-0.1, -0.05) is 23.8 Å². The Bertz CT molecular complexity index is 476. The minimum absolute atomic E-state index is 0.241. The van der Waals surface area contributed by atoms with Crippen molar-refractivity contribution in [1.29, 1.82) is 0 Å². The molecule has 0 aromatic heterocycles. The van der Waals surface area contributed by atoms with Gasteiger partial charge in [-0.05, 0) is 31.0 Å². The number of morpholine rings is 1. The molecule has 1 aliphatic heterocycles. The molecule has 1 saturated heterocycles. The van der Waals surface area contributed by atoms with Gasteiger partial charge in [-0.2, -0.15) is 13.2 Å². The number of halogens is 3. The van der Waals surface area contributed by atoms with E-state index < -0.39 is 11.7 Å². The van der Waals surface area contributed by atoms with Gasteiger partial charge < -0.3 is 10.1 Å². The summed E-state index contributed by atoms with van der Waals surface area (Å²) in [6.07, 6.45) is -1.72. The Hall–Kier alpha value is -1.33. The standard InChI is InChI=1S/C15H18F3NO/c1-11(8-14-10-20-6-5-19-14)7-12-3-2-4-13(9-12)15(16,17)18/h2-4,7,9,14,19H,5-6,8,10H2,1H3/b11-7-. The second kappa shape index (κ2) is 6.41. The first-order chi connectivity index (χ1) is 9.45. The molecule has 1 N–H and O–H groups in total. The maximum atomic E-state index is 12.6. The van der Waals surface area contributed by atoms with Crippen molar-refractivity contribution in [3.05, 3.63) is 41.0 Å². The van der Waals surface area contributed by atoms with Gasteiger partial charge in [0, 0.05) is 12.6 Å². The van der Waals surface area contributed by atoms with Gasteiger partial charge in [-0.3, -0.25) is 0 Å². The molecule has 0 aliphatic carbocycles. The van der Waals surface area contributed by atoms with Gasteiger partial charge in [0.1, 0.15) is 0 Å². The van der Waals surface area contributed by atoms with E-state index >= 15 is 0 Å². The van der Waals surface area contributed by atoms with E-state index in [0.29, 0.717) is 18.8 Å². The summed E-state index contributed by atoms with van der Waals surface area (Å²) in [4.78, 5) is 0. The van der Waals surface area contributed by atoms with Crippen LogP contribution < -0.4 is 5.32 Å². The molecule has 1 aromatic carbocycles. The summed E-state index contributed by atoms with van der Waals surface area (Å²) in [7, 11) is 0. The summed E-state index contributed by atoms with van der Waals surface area (Å²) in [5, 5.41) is 3.33. The van der Waals surface area contributed by atoms with Crippen LogP contribution >= 0.6 is 0 Å². The molecule has 1 heterocycles. The summed E-state index contributed by atoms with van der Waals surface area (Å²) in [6.45, 7) is 4.11. The van der Waals surface area contributed by atoms with Gasteiger partial charge >= 0.3 is 6.18 Å². The summed E-state index contributed by atoms with van der Waals surface area (Å²) >= 11 is 0. The van der Waals surface area contributed by atoms with E-state index in [4.69, 9.17) is 4.74 Å². The van der Waals surface area contributed by atoms with Crippen LogP contribution in [0.5, 0.6) is 0 Å². The van der Waals surface area contributed by atoms with Gasteiger partial charge in [0.25, 0.3) is 0 Å². The number of nitrogens with one attached hydrogen (secondary N) is 1. The third-order valence-corrected chi connectivity index (χ3v) is 3.19. The van der Waals surface area contributed by atoms with Crippen LogP contribution in [0.3, 0.4) is 0 Å². The third-order valence-electron chi connectivity index (χ3n) is 3.19. The zero-order valence-corrected chi connectivity index (χ0v) is 11.3. The zero-order valence-electron chi connectivity index (χ0n) is 11.3. The molecule has 1 fully saturated rings. The maximum Gasteiger partial charge on any atom is 0.416 e. The molecule has 0 spiro atoms. The van der Waals surface area contributed by atoms with Crippen molar-refractivity contribution in [1.82, 2.24) is 5.32 Å². The largest absolute Gasteiger partial charge is 0.416 e. The highest BCUT2D eigenvalue weighted by atomic mass is 19.4. The minimum atomic E-state index is -4.30. The van der Waals surface area contributed by atoms with Crippen LogP contribution in [-0.2, 0) is 10.9 Å². The molecule has 2 rings (SSSR count). The van der Waals surface area contributed by atoms with E-state index in [1.807, 2.05) is 6.92 Å². The van der Waals surface area contributed by atoms with E-state index in [9.17, 15) is 13.2 Å². The van der Waals surface area contributed by atoms with E-state index in [1.54, 1.807) is 12.1 Å². The highest BCUT2D eigenvalue weighted by Gasteiger charge is 2.30. The lowest BCUT2D eigenvalue weighted by atomic mass is 10.0. The molecule has 110 valence electrons. The first kappa shape index (κ1) is 15.1. The van der Waals surface area contributed by atoms with Crippen LogP contribution in [0, 0.1) is 0 Å². The Labute approximate surface area is 116 Å². The number of hydrogen-bond acceptors (Lipinski definition) is 2.